The Kier molecular flexibility index (Phi) is 4.76. The zero-order valence-electron chi connectivity index (χ0n) is 9.55. The molecule has 0 unspecified atom stereocenters. The van der Waals surface area contributed by atoms with Crippen molar-refractivity contribution in [1.82, 2.24) is 5.32 Å². The van der Waals surface area contributed by atoms with Gasteiger partial charge in [0, 0.05) is 13.5 Å². The smallest absolute Gasteiger partial charge is 0.219 e. The average Bonchev–Trinajstić information content (AvgIpc) is 2.26. The molecular formula is C12H16FNO2. The Morgan fingerprint density at radius 3 is 2.88 bits per heavy atom. The lowest BCUT2D eigenvalue weighted by molar-refractivity contribution is -0.120. The van der Waals surface area contributed by atoms with E-state index in [1.54, 1.807) is 20.0 Å². The van der Waals surface area contributed by atoms with Gasteiger partial charge in [0.2, 0.25) is 5.91 Å². The van der Waals surface area contributed by atoms with Gasteiger partial charge in [-0.05, 0) is 37.1 Å². The number of nitrogens with one attached hydrogen (secondary N) is 1. The van der Waals surface area contributed by atoms with Gasteiger partial charge in [-0.25, -0.2) is 4.39 Å². The monoisotopic (exact) mass is 225 g/mol. The molecule has 0 fully saturated rings. The standard InChI is InChI=1S/C12H16FNO2/c1-9-8-10(13)5-6-11(9)16-7-3-4-12(15)14-2/h5-6,8H,3-4,7H2,1-2H3,(H,14,15). The number of halogens is 1. The maximum atomic E-state index is 12.8. The molecule has 0 saturated heterocycles. The lowest BCUT2D eigenvalue weighted by Gasteiger charge is -2.08. The third kappa shape index (κ3) is 3.88. The van der Waals surface area contributed by atoms with Gasteiger partial charge in [-0.3, -0.25) is 4.79 Å². The molecule has 88 valence electrons. The number of benzene rings is 1. The van der Waals surface area contributed by atoms with Crippen LogP contribution < -0.4 is 10.1 Å². The summed E-state index contributed by atoms with van der Waals surface area (Å²) in [6.45, 7) is 2.25. The molecule has 0 spiro atoms. The molecule has 1 amide bonds. The molecule has 1 rings (SSSR count). The van der Waals surface area contributed by atoms with Crippen LogP contribution in [-0.2, 0) is 4.79 Å². The number of rotatable bonds is 5. The summed E-state index contributed by atoms with van der Waals surface area (Å²) in [7, 11) is 1.60. The molecular weight excluding hydrogens is 209 g/mol. The fourth-order valence-electron chi connectivity index (χ4n) is 1.31. The summed E-state index contributed by atoms with van der Waals surface area (Å²) in [5, 5.41) is 2.54. The van der Waals surface area contributed by atoms with E-state index in [1.165, 1.54) is 12.1 Å². The van der Waals surface area contributed by atoms with Crippen molar-refractivity contribution < 1.29 is 13.9 Å². The molecule has 0 radical (unpaired) electrons. The lowest BCUT2D eigenvalue weighted by Crippen LogP contribution is -2.18. The highest BCUT2D eigenvalue weighted by atomic mass is 19.1. The van der Waals surface area contributed by atoms with Gasteiger partial charge in [0.25, 0.3) is 0 Å². The van der Waals surface area contributed by atoms with Crippen molar-refractivity contribution in [3.05, 3.63) is 29.6 Å². The van der Waals surface area contributed by atoms with Crippen LogP contribution in [0.15, 0.2) is 18.2 Å². The highest BCUT2D eigenvalue weighted by molar-refractivity contribution is 5.75. The molecule has 0 bridgehead atoms. The number of carbonyl (C=O) groups is 1. The first kappa shape index (κ1) is 12.5. The summed E-state index contributed by atoms with van der Waals surface area (Å²) in [6, 6.07) is 4.39. The van der Waals surface area contributed by atoms with Crippen molar-refractivity contribution in [1.29, 1.82) is 0 Å². The van der Waals surface area contributed by atoms with Crippen LogP contribution in [0.2, 0.25) is 0 Å². The Labute approximate surface area is 94.6 Å². The zero-order valence-corrected chi connectivity index (χ0v) is 9.55. The SMILES string of the molecule is CNC(=O)CCCOc1ccc(F)cc1C. The van der Waals surface area contributed by atoms with Crippen molar-refractivity contribution in [2.24, 2.45) is 0 Å². The second kappa shape index (κ2) is 6.10. The number of ether oxygens (including phenoxy) is 1. The molecule has 0 aliphatic carbocycles. The molecule has 0 heterocycles. The van der Waals surface area contributed by atoms with E-state index in [1.807, 2.05) is 0 Å². The third-order valence-corrected chi connectivity index (χ3v) is 2.22. The van der Waals surface area contributed by atoms with Crippen LogP contribution in [0, 0.1) is 12.7 Å². The van der Waals surface area contributed by atoms with Gasteiger partial charge in [0.15, 0.2) is 0 Å². The Bertz CT molecular complexity index is 366. The normalized spacial score (nSPS) is 9.94. The van der Waals surface area contributed by atoms with Gasteiger partial charge >= 0.3 is 0 Å². The van der Waals surface area contributed by atoms with Crippen molar-refractivity contribution in [2.75, 3.05) is 13.7 Å². The highest BCUT2D eigenvalue weighted by Gasteiger charge is 2.02. The lowest BCUT2D eigenvalue weighted by atomic mass is 10.2. The van der Waals surface area contributed by atoms with Crippen LogP contribution >= 0.6 is 0 Å². The minimum atomic E-state index is -0.268. The van der Waals surface area contributed by atoms with Crippen LogP contribution in [0.4, 0.5) is 4.39 Å². The largest absolute Gasteiger partial charge is 0.493 e. The van der Waals surface area contributed by atoms with Gasteiger partial charge in [-0.1, -0.05) is 0 Å². The maximum Gasteiger partial charge on any atom is 0.219 e. The Hall–Kier alpha value is -1.58. The molecule has 0 aliphatic heterocycles. The van der Waals surface area contributed by atoms with Gasteiger partial charge in [0.05, 0.1) is 6.61 Å². The molecule has 3 nitrogen and oxygen atoms in total. The number of carbonyl (C=O) groups excluding carboxylic acids is 1. The Balaban J connectivity index is 2.35. The van der Waals surface area contributed by atoms with Gasteiger partial charge in [-0.15, -0.1) is 0 Å². The van der Waals surface area contributed by atoms with Crippen LogP contribution in [0.3, 0.4) is 0 Å². The highest BCUT2D eigenvalue weighted by Crippen LogP contribution is 2.18. The fraction of sp³-hybridized carbons (Fsp3) is 0.417. The maximum absolute atomic E-state index is 12.8. The van der Waals surface area contributed by atoms with E-state index in [0.29, 0.717) is 25.2 Å². The van der Waals surface area contributed by atoms with Gasteiger partial charge in [0.1, 0.15) is 11.6 Å². The summed E-state index contributed by atoms with van der Waals surface area (Å²) in [6.07, 6.45) is 1.09. The van der Waals surface area contributed by atoms with E-state index in [4.69, 9.17) is 4.74 Å². The third-order valence-electron chi connectivity index (χ3n) is 2.22. The molecule has 1 aromatic carbocycles. The van der Waals surface area contributed by atoms with Crippen molar-refractivity contribution in [3.63, 3.8) is 0 Å². The van der Waals surface area contributed by atoms with E-state index in [9.17, 15) is 9.18 Å². The summed E-state index contributed by atoms with van der Waals surface area (Å²) in [5.41, 5.74) is 0.764. The summed E-state index contributed by atoms with van der Waals surface area (Å²) >= 11 is 0. The quantitative estimate of drug-likeness (QED) is 0.779. The molecule has 1 N–H and O–H groups in total. The molecule has 0 aromatic heterocycles. The van der Waals surface area contributed by atoms with E-state index in [0.717, 1.165) is 5.56 Å². The van der Waals surface area contributed by atoms with E-state index in [-0.39, 0.29) is 11.7 Å². The first-order chi connectivity index (χ1) is 7.63. The summed E-state index contributed by atoms with van der Waals surface area (Å²) in [5.74, 6) is 0.396. The Morgan fingerprint density at radius 2 is 2.25 bits per heavy atom. The van der Waals surface area contributed by atoms with Crippen molar-refractivity contribution in [3.8, 4) is 5.75 Å². The zero-order chi connectivity index (χ0) is 12.0. The summed E-state index contributed by atoms with van der Waals surface area (Å²) in [4.78, 5) is 10.9. The molecule has 4 heteroatoms. The predicted molar refractivity (Wildman–Crippen MR) is 59.9 cm³/mol. The van der Waals surface area contributed by atoms with Crippen LogP contribution in [-0.4, -0.2) is 19.6 Å². The van der Waals surface area contributed by atoms with Gasteiger partial charge in [-0.2, -0.15) is 0 Å². The molecule has 1 aromatic rings. The minimum Gasteiger partial charge on any atom is -0.493 e. The van der Waals surface area contributed by atoms with Crippen LogP contribution in [0.25, 0.3) is 0 Å². The number of aryl methyl sites for hydroxylation is 1. The second-order valence-electron chi connectivity index (χ2n) is 3.54. The molecule has 16 heavy (non-hydrogen) atoms. The van der Waals surface area contributed by atoms with E-state index >= 15 is 0 Å². The number of hydrogen-bond acceptors (Lipinski definition) is 2. The molecule has 0 aliphatic rings. The average molecular weight is 225 g/mol. The Morgan fingerprint density at radius 1 is 1.50 bits per heavy atom. The van der Waals surface area contributed by atoms with Gasteiger partial charge < -0.3 is 10.1 Å². The first-order valence-electron chi connectivity index (χ1n) is 5.23. The summed E-state index contributed by atoms with van der Waals surface area (Å²) < 4.78 is 18.2. The number of hydrogen-bond donors (Lipinski definition) is 1. The second-order valence-corrected chi connectivity index (χ2v) is 3.54. The van der Waals surface area contributed by atoms with Crippen LogP contribution in [0.1, 0.15) is 18.4 Å². The molecule has 0 atom stereocenters. The topological polar surface area (TPSA) is 38.3 Å². The van der Waals surface area contributed by atoms with Crippen molar-refractivity contribution >= 4 is 5.91 Å². The van der Waals surface area contributed by atoms with E-state index in [2.05, 4.69) is 5.32 Å². The van der Waals surface area contributed by atoms with E-state index < -0.39 is 0 Å². The van der Waals surface area contributed by atoms with Crippen LogP contribution in [0.5, 0.6) is 5.75 Å². The molecule has 0 saturated carbocycles. The number of amides is 1. The predicted octanol–water partition coefficient (Wildman–Crippen LogP) is 2.04. The minimum absolute atomic E-state index is 0.000530. The fourth-order valence-corrected chi connectivity index (χ4v) is 1.31. The first-order valence-corrected chi connectivity index (χ1v) is 5.23. The van der Waals surface area contributed by atoms with Crippen molar-refractivity contribution in [2.45, 2.75) is 19.8 Å².